The Bertz CT molecular complexity index is 437. The normalized spacial score (nSPS) is 23.2. The highest BCUT2D eigenvalue weighted by Gasteiger charge is 2.39. The highest BCUT2D eigenvalue weighted by atomic mass is 16.5. The van der Waals surface area contributed by atoms with Crippen molar-refractivity contribution < 1.29 is 14.6 Å². The fourth-order valence-corrected chi connectivity index (χ4v) is 1.96. The van der Waals surface area contributed by atoms with Crippen molar-refractivity contribution in [2.24, 2.45) is 0 Å². The zero-order chi connectivity index (χ0) is 11.6. The van der Waals surface area contributed by atoms with Crippen molar-refractivity contribution in [1.29, 1.82) is 0 Å². The second-order valence-corrected chi connectivity index (χ2v) is 3.89. The second kappa shape index (κ2) is 4.20. The Morgan fingerprint density at radius 1 is 1.31 bits per heavy atom. The van der Waals surface area contributed by atoms with Crippen LogP contribution in [0.3, 0.4) is 0 Å². The molecule has 0 fully saturated rings. The number of fused-ring (bicyclic) bond motifs is 1. The molecule has 84 valence electrons. The van der Waals surface area contributed by atoms with E-state index in [0.717, 1.165) is 5.56 Å². The highest BCUT2D eigenvalue weighted by Crippen LogP contribution is 2.33. The van der Waals surface area contributed by atoms with Gasteiger partial charge in [-0.3, -0.25) is 4.79 Å². The average molecular weight is 218 g/mol. The zero-order valence-electron chi connectivity index (χ0n) is 9.14. The van der Waals surface area contributed by atoms with Crippen molar-refractivity contribution in [3.8, 4) is 0 Å². The molecule has 16 heavy (non-hydrogen) atoms. The first-order valence-corrected chi connectivity index (χ1v) is 5.22. The standard InChI is InChI=1S/C13H14O3/c1-16-9-8-13(15)11-5-3-2-4-10(11)6-7-12(13)14/h2-7,15H,8-9H2,1H3. The van der Waals surface area contributed by atoms with Gasteiger partial charge in [0.15, 0.2) is 11.4 Å². The van der Waals surface area contributed by atoms with Crippen LogP contribution in [-0.4, -0.2) is 24.6 Å². The molecule has 1 aliphatic carbocycles. The van der Waals surface area contributed by atoms with Crippen LogP contribution in [0.2, 0.25) is 0 Å². The van der Waals surface area contributed by atoms with Crippen LogP contribution in [0.4, 0.5) is 0 Å². The summed E-state index contributed by atoms with van der Waals surface area (Å²) in [6.07, 6.45) is 3.45. The highest BCUT2D eigenvalue weighted by molar-refractivity contribution is 6.03. The number of benzene rings is 1. The topological polar surface area (TPSA) is 46.5 Å². The number of methoxy groups -OCH3 is 1. The Morgan fingerprint density at radius 2 is 2.06 bits per heavy atom. The molecule has 0 bridgehead atoms. The van der Waals surface area contributed by atoms with Gasteiger partial charge < -0.3 is 9.84 Å². The molecule has 1 aliphatic rings. The Kier molecular flexibility index (Phi) is 2.90. The van der Waals surface area contributed by atoms with Crippen LogP contribution in [0.15, 0.2) is 30.3 Å². The maximum absolute atomic E-state index is 11.8. The van der Waals surface area contributed by atoms with Crippen LogP contribution in [0, 0.1) is 0 Å². The first kappa shape index (κ1) is 11.0. The van der Waals surface area contributed by atoms with E-state index in [1.165, 1.54) is 6.08 Å². The molecule has 0 radical (unpaired) electrons. The van der Waals surface area contributed by atoms with Crippen LogP contribution in [-0.2, 0) is 15.1 Å². The Hall–Kier alpha value is -1.45. The third-order valence-corrected chi connectivity index (χ3v) is 2.90. The minimum atomic E-state index is -1.43. The molecule has 3 nitrogen and oxygen atoms in total. The molecule has 0 spiro atoms. The maximum Gasteiger partial charge on any atom is 0.191 e. The summed E-state index contributed by atoms with van der Waals surface area (Å²) in [7, 11) is 1.55. The number of rotatable bonds is 3. The number of carbonyl (C=O) groups excluding carboxylic acids is 1. The summed E-state index contributed by atoms with van der Waals surface area (Å²) in [5, 5.41) is 10.4. The molecule has 0 aliphatic heterocycles. The van der Waals surface area contributed by atoms with E-state index in [4.69, 9.17) is 4.74 Å². The van der Waals surface area contributed by atoms with Gasteiger partial charge in [-0.05, 0) is 17.2 Å². The predicted octanol–water partition coefficient (Wildman–Crippen LogP) is 1.51. The summed E-state index contributed by atoms with van der Waals surface area (Å²) in [5.74, 6) is -0.275. The number of hydrogen-bond donors (Lipinski definition) is 1. The lowest BCUT2D eigenvalue weighted by Crippen LogP contribution is -2.38. The van der Waals surface area contributed by atoms with Crippen molar-refractivity contribution in [1.82, 2.24) is 0 Å². The molecule has 1 N–H and O–H groups in total. The molecule has 2 rings (SSSR count). The van der Waals surface area contributed by atoms with Gasteiger partial charge in [0, 0.05) is 20.1 Å². The summed E-state index contributed by atoms with van der Waals surface area (Å²) < 4.78 is 4.94. The number of carbonyl (C=O) groups is 1. The smallest absolute Gasteiger partial charge is 0.191 e. The van der Waals surface area contributed by atoms with Crippen molar-refractivity contribution in [3.05, 3.63) is 41.5 Å². The van der Waals surface area contributed by atoms with Gasteiger partial charge in [-0.25, -0.2) is 0 Å². The SMILES string of the molecule is COCCC1(O)C(=O)C=Cc2ccccc21. The van der Waals surface area contributed by atoms with Gasteiger partial charge in [-0.15, -0.1) is 0 Å². The average Bonchev–Trinajstić information content (AvgIpc) is 2.32. The van der Waals surface area contributed by atoms with Crippen LogP contribution in [0.25, 0.3) is 6.08 Å². The van der Waals surface area contributed by atoms with Gasteiger partial charge in [0.25, 0.3) is 0 Å². The quantitative estimate of drug-likeness (QED) is 0.836. The Labute approximate surface area is 94.4 Å². The molecule has 0 saturated carbocycles. The molecular weight excluding hydrogens is 204 g/mol. The Balaban J connectivity index is 2.44. The molecule has 0 saturated heterocycles. The summed E-state index contributed by atoms with van der Waals surface area (Å²) in [6.45, 7) is 0.352. The minimum Gasteiger partial charge on any atom is -0.385 e. The van der Waals surface area contributed by atoms with Gasteiger partial charge in [-0.2, -0.15) is 0 Å². The monoisotopic (exact) mass is 218 g/mol. The molecular formula is C13H14O3. The zero-order valence-corrected chi connectivity index (χ0v) is 9.14. The van der Waals surface area contributed by atoms with Gasteiger partial charge in [-0.1, -0.05) is 30.3 Å². The largest absolute Gasteiger partial charge is 0.385 e. The molecule has 1 atom stereocenters. The molecule has 0 amide bonds. The molecule has 3 heteroatoms. The molecule has 0 aromatic heterocycles. The molecule has 1 unspecified atom stereocenters. The van der Waals surface area contributed by atoms with Crippen LogP contribution in [0.1, 0.15) is 17.5 Å². The lowest BCUT2D eigenvalue weighted by Gasteiger charge is -2.29. The minimum absolute atomic E-state index is 0.275. The fraction of sp³-hybridized carbons (Fsp3) is 0.308. The summed E-state index contributed by atoms with van der Waals surface area (Å²) in [6, 6.07) is 7.38. The van der Waals surface area contributed by atoms with E-state index < -0.39 is 5.60 Å². The second-order valence-electron chi connectivity index (χ2n) is 3.89. The van der Waals surface area contributed by atoms with Crippen molar-refractivity contribution in [2.75, 3.05) is 13.7 Å². The maximum atomic E-state index is 11.8. The van der Waals surface area contributed by atoms with Crippen molar-refractivity contribution in [3.63, 3.8) is 0 Å². The van der Waals surface area contributed by atoms with E-state index >= 15 is 0 Å². The number of ketones is 1. The van der Waals surface area contributed by atoms with Crippen LogP contribution in [0.5, 0.6) is 0 Å². The van der Waals surface area contributed by atoms with E-state index in [1.54, 1.807) is 19.3 Å². The molecule has 0 heterocycles. The van der Waals surface area contributed by atoms with Gasteiger partial charge in [0.2, 0.25) is 0 Å². The van der Waals surface area contributed by atoms with E-state index in [1.807, 2.05) is 18.2 Å². The predicted molar refractivity (Wildman–Crippen MR) is 60.9 cm³/mol. The van der Waals surface area contributed by atoms with Crippen molar-refractivity contribution in [2.45, 2.75) is 12.0 Å². The summed E-state index contributed by atoms with van der Waals surface area (Å²) >= 11 is 0. The first-order chi connectivity index (χ1) is 7.68. The Morgan fingerprint density at radius 3 is 2.81 bits per heavy atom. The number of hydrogen-bond acceptors (Lipinski definition) is 3. The van der Waals surface area contributed by atoms with E-state index in [0.29, 0.717) is 12.2 Å². The van der Waals surface area contributed by atoms with Crippen LogP contribution >= 0.6 is 0 Å². The summed E-state index contributed by atoms with van der Waals surface area (Å²) in [5.41, 5.74) is 0.127. The van der Waals surface area contributed by atoms with E-state index in [-0.39, 0.29) is 12.2 Å². The third-order valence-electron chi connectivity index (χ3n) is 2.90. The van der Waals surface area contributed by atoms with Gasteiger partial charge >= 0.3 is 0 Å². The number of aliphatic hydroxyl groups is 1. The number of ether oxygens (including phenoxy) is 1. The van der Waals surface area contributed by atoms with Crippen molar-refractivity contribution >= 4 is 11.9 Å². The summed E-state index contributed by atoms with van der Waals surface area (Å²) in [4.78, 5) is 11.8. The first-order valence-electron chi connectivity index (χ1n) is 5.22. The van der Waals surface area contributed by atoms with Gasteiger partial charge in [0.05, 0.1) is 0 Å². The lowest BCUT2D eigenvalue weighted by atomic mass is 9.80. The third kappa shape index (κ3) is 1.68. The molecule has 1 aromatic rings. The lowest BCUT2D eigenvalue weighted by molar-refractivity contribution is -0.135. The van der Waals surface area contributed by atoms with E-state index in [2.05, 4.69) is 0 Å². The molecule has 1 aromatic carbocycles. The van der Waals surface area contributed by atoms with Gasteiger partial charge in [0.1, 0.15) is 0 Å². The van der Waals surface area contributed by atoms with Crippen LogP contribution < -0.4 is 0 Å². The van der Waals surface area contributed by atoms with E-state index in [9.17, 15) is 9.90 Å². The fourth-order valence-electron chi connectivity index (χ4n) is 1.96.